The quantitative estimate of drug-likeness (QED) is 0.445. The third-order valence-corrected chi connectivity index (χ3v) is 12.0. The standard InChI is InChI=1S/C21H32F3NOSi/c1-12(2)27(13(3)4,14(5)6)26-15-7-8-16(21(25)9-15)17-10-19(23)20(24)11-18(17)22/h9-14,16,21H,7-8,25H2,1-6H3/t16-,21+/m0/s1. The number of benzene rings is 1. The van der Waals surface area contributed by atoms with Crippen LogP contribution in [0.15, 0.2) is 24.0 Å². The van der Waals surface area contributed by atoms with E-state index >= 15 is 0 Å². The summed E-state index contributed by atoms with van der Waals surface area (Å²) in [6, 6.07) is 1.04. The van der Waals surface area contributed by atoms with E-state index in [1.807, 2.05) is 6.08 Å². The number of allylic oxidation sites excluding steroid dienone is 1. The van der Waals surface area contributed by atoms with Crippen molar-refractivity contribution in [1.29, 1.82) is 0 Å². The zero-order valence-electron chi connectivity index (χ0n) is 17.2. The Hall–Kier alpha value is -1.27. The van der Waals surface area contributed by atoms with Gasteiger partial charge in [-0.3, -0.25) is 0 Å². The maximum Gasteiger partial charge on any atom is 0.258 e. The summed E-state index contributed by atoms with van der Waals surface area (Å²) in [6.45, 7) is 13.3. The molecule has 0 bridgehead atoms. The van der Waals surface area contributed by atoms with Gasteiger partial charge in [0.1, 0.15) is 5.82 Å². The predicted molar refractivity (Wildman–Crippen MR) is 106 cm³/mol. The monoisotopic (exact) mass is 399 g/mol. The van der Waals surface area contributed by atoms with Crippen LogP contribution in [0.5, 0.6) is 0 Å². The third kappa shape index (κ3) is 4.26. The molecular weight excluding hydrogens is 367 g/mol. The SMILES string of the molecule is CC(C)[Si](OC1=C[C@@H](N)[C@H](c2cc(F)c(F)cc2F)CC1)(C(C)C)C(C)C. The average molecular weight is 400 g/mol. The van der Waals surface area contributed by atoms with Crippen LogP contribution in [-0.2, 0) is 4.43 Å². The van der Waals surface area contributed by atoms with Crippen molar-refractivity contribution in [2.75, 3.05) is 0 Å². The average Bonchev–Trinajstić information content (AvgIpc) is 2.55. The van der Waals surface area contributed by atoms with Crippen LogP contribution in [0.2, 0.25) is 16.6 Å². The van der Waals surface area contributed by atoms with Gasteiger partial charge in [0.15, 0.2) is 11.6 Å². The van der Waals surface area contributed by atoms with Gasteiger partial charge in [0, 0.05) is 24.4 Å². The van der Waals surface area contributed by atoms with E-state index in [4.69, 9.17) is 10.2 Å². The molecule has 2 N–H and O–H groups in total. The van der Waals surface area contributed by atoms with E-state index in [1.165, 1.54) is 0 Å². The Bertz CT molecular complexity index is 681. The first-order chi connectivity index (χ1) is 12.5. The fourth-order valence-electron chi connectivity index (χ4n) is 4.75. The summed E-state index contributed by atoms with van der Waals surface area (Å²) in [6.07, 6.45) is 3.02. The van der Waals surface area contributed by atoms with Gasteiger partial charge in [0.05, 0.1) is 5.76 Å². The fraction of sp³-hybridized carbons (Fsp3) is 0.619. The molecule has 6 heteroatoms. The molecule has 0 aliphatic heterocycles. The summed E-state index contributed by atoms with van der Waals surface area (Å²) < 4.78 is 47.7. The first kappa shape index (κ1) is 22.0. The first-order valence-electron chi connectivity index (χ1n) is 9.80. The Morgan fingerprint density at radius 3 is 1.93 bits per heavy atom. The van der Waals surface area contributed by atoms with Gasteiger partial charge in [-0.2, -0.15) is 0 Å². The molecule has 27 heavy (non-hydrogen) atoms. The molecule has 1 aliphatic carbocycles. The van der Waals surface area contributed by atoms with Gasteiger partial charge >= 0.3 is 0 Å². The zero-order chi connectivity index (χ0) is 20.5. The summed E-state index contributed by atoms with van der Waals surface area (Å²) in [5, 5.41) is 0. The van der Waals surface area contributed by atoms with Gasteiger partial charge in [-0.1, -0.05) is 41.5 Å². The highest BCUT2D eigenvalue weighted by Gasteiger charge is 2.47. The lowest BCUT2D eigenvalue weighted by Gasteiger charge is -2.44. The molecule has 0 aromatic heterocycles. The van der Waals surface area contributed by atoms with Crippen LogP contribution >= 0.6 is 0 Å². The largest absolute Gasteiger partial charge is 0.546 e. The molecule has 0 fully saturated rings. The van der Waals surface area contributed by atoms with Gasteiger partial charge in [-0.15, -0.1) is 0 Å². The number of rotatable bonds is 6. The Morgan fingerprint density at radius 2 is 1.44 bits per heavy atom. The molecule has 0 radical (unpaired) electrons. The molecule has 2 nitrogen and oxygen atoms in total. The van der Waals surface area contributed by atoms with Crippen molar-refractivity contribution in [1.82, 2.24) is 0 Å². The summed E-state index contributed by atoms with van der Waals surface area (Å²) in [5.41, 5.74) is 7.74. The van der Waals surface area contributed by atoms with E-state index in [9.17, 15) is 13.2 Å². The molecule has 2 rings (SSSR count). The van der Waals surface area contributed by atoms with Crippen molar-refractivity contribution >= 4 is 8.32 Å². The van der Waals surface area contributed by atoms with Gasteiger partial charge in [-0.25, -0.2) is 13.2 Å². The molecule has 0 heterocycles. The smallest absolute Gasteiger partial charge is 0.258 e. The molecule has 152 valence electrons. The topological polar surface area (TPSA) is 35.2 Å². The Kier molecular flexibility index (Phi) is 6.84. The van der Waals surface area contributed by atoms with Gasteiger partial charge < -0.3 is 10.2 Å². The highest BCUT2D eigenvalue weighted by molar-refractivity contribution is 6.77. The number of hydrogen-bond donors (Lipinski definition) is 1. The molecular formula is C21H32F3NOSi. The number of nitrogens with two attached hydrogens (primary N) is 1. The fourth-order valence-corrected chi connectivity index (χ4v) is 10.1. The summed E-state index contributed by atoms with van der Waals surface area (Å²) in [4.78, 5) is 0. The molecule has 0 amide bonds. The molecule has 0 saturated carbocycles. The van der Waals surface area contributed by atoms with E-state index < -0.39 is 31.8 Å². The van der Waals surface area contributed by atoms with Crippen LogP contribution in [0, 0.1) is 17.5 Å². The van der Waals surface area contributed by atoms with Crippen molar-refractivity contribution in [2.24, 2.45) is 5.73 Å². The Balaban J connectivity index is 2.29. The molecule has 1 aromatic carbocycles. The van der Waals surface area contributed by atoms with Crippen LogP contribution < -0.4 is 5.73 Å². The molecule has 0 spiro atoms. The minimum Gasteiger partial charge on any atom is -0.546 e. The minimum absolute atomic E-state index is 0.136. The maximum atomic E-state index is 14.2. The van der Waals surface area contributed by atoms with Crippen LogP contribution in [0.25, 0.3) is 0 Å². The molecule has 0 saturated heterocycles. The maximum absolute atomic E-state index is 14.2. The lowest BCUT2D eigenvalue weighted by Crippen LogP contribution is -2.48. The zero-order valence-corrected chi connectivity index (χ0v) is 18.2. The normalized spacial score (nSPS) is 21.1. The predicted octanol–water partition coefficient (Wildman–Crippen LogP) is 6.38. The van der Waals surface area contributed by atoms with Crippen molar-refractivity contribution in [3.05, 3.63) is 47.0 Å². The van der Waals surface area contributed by atoms with Gasteiger partial charge in [0.25, 0.3) is 8.32 Å². The van der Waals surface area contributed by atoms with Gasteiger partial charge in [0.2, 0.25) is 0 Å². The van der Waals surface area contributed by atoms with E-state index in [0.717, 1.165) is 11.8 Å². The molecule has 1 aromatic rings. The number of halogens is 3. The van der Waals surface area contributed by atoms with Gasteiger partial charge in [-0.05, 0) is 40.8 Å². The first-order valence-corrected chi connectivity index (χ1v) is 11.9. The third-order valence-electron chi connectivity index (χ3n) is 6.00. The molecule has 1 aliphatic rings. The highest BCUT2D eigenvalue weighted by Crippen LogP contribution is 2.45. The lowest BCUT2D eigenvalue weighted by atomic mass is 9.83. The van der Waals surface area contributed by atoms with Crippen LogP contribution in [-0.4, -0.2) is 14.4 Å². The summed E-state index contributed by atoms with van der Waals surface area (Å²) in [5.74, 6) is -2.50. The van der Waals surface area contributed by atoms with Crippen molar-refractivity contribution < 1.29 is 17.6 Å². The van der Waals surface area contributed by atoms with Crippen molar-refractivity contribution in [3.63, 3.8) is 0 Å². The second-order valence-corrected chi connectivity index (χ2v) is 13.9. The van der Waals surface area contributed by atoms with Crippen LogP contribution in [0.4, 0.5) is 13.2 Å². The number of hydrogen-bond acceptors (Lipinski definition) is 2. The second kappa shape index (κ2) is 8.39. The van der Waals surface area contributed by atoms with E-state index in [2.05, 4.69) is 41.5 Å². The van der Waals surface area contributed by atoms with Crippen molar-refractivity contribution in [2.45, 2.75) is 83.0 Å². The van der Waals surface area contributed by atoms with E-state index in [-0.39, 0.29) is 11.5 Å². The summed E-state index contributed by atoms with van der Waals surface area (Å²) in [7, 11) is -2.08. The second-order valence-electron chi connectivity index (χ2n) is 8.56. The Labute approximate surface area is 162 Å². The highest BCUT2D eigenvalue weighted by atomic mass is 28.4. The Morgan fingerprint density at radius 1 is 0.926 bits per heavy atom. The molecule has 2 atom stereocenters. The molecule has 0 unspecified atom stereocenters. The van der Waals surface area contributed by atoms with E-state index in [0.29, 0.717) is 35.5 Å². The van der Waals surface area contributed by atoms with Crippen molar-refractivity contribution in [3.8, 4) is 0 Å². The van der Waals surface area contributed by atoms with Crippen LogP contribution in [0.3, 0.4) is 0 Å². The van der Waals surface area contributed by atoms with Crippen LogP contribution in [0.1, 0.15) is 65.9 Å². The summed E-state index contributed by atoms with van der Waals surface area (Å²) >= 11 is 0. The minimum atomic E-state index is -2.08. The lowest BCUT2D eigenvalue weighted by molar-refractivity contribution is 0.325. The van der Waals surface area contributed by atoms with E-state index in [1.54, 1.807) is 0 Å².